The number of rotatable bonds is 11. The Balaban J connectivity index is 1.47. The second-order valence-electron chi connectivity index (χ2n) is 11.3. The highest BCUT2D eigenvalue weighted by atomic mass is 16.6. The molecule has 1 heterocycles. The number of nitrogens with one attached hydrogen (secondary N) is 2. The molecule has 0 saturated carbocycles. The third kappa shape index (κ3) is 7.93. The lowest BCUT2D eigenvalue weighted by molar-refractivity contribution is -0.159. The summed E-state index contributed by atoms with van der Waals surface area (Å²) in [4.78, 5) is 43.6. The maximum atomic E-state index is 13.5. The molecule has 8 heteroatoms. The van der Waals surface area contributed by atoms with Gasteiger partial charge in [0.2, 0.25) is 5.91 Å². The minimum Gasteiger partial charge on any atom is -0.458 e. The van der Waals surface area contributed by atoms with E-state index in [2.05, 4.69) is 27.8 Å². The van der Waals surface area contributed by atoms with E-state index < -0.39 is 35.7 Å². The maximum absolute atomic E-state index is 13.5. The maximum Gasteiger partial charge on any atom is 0.407 e. The molecule has 2 aromatic carbocycles. The number of esters is 1. The summed E-state index contributed by atoms with van der Waals surface area (Å²) < 4.78 is 11.3. The van der Waals surface area contributed by atoms with Crippen LogP contribution >= 0.6 is 0 Å². The molecular weight excluding hydrogens is 518 g/mol. The van der Waals surface area contributed by atoms with Gasteiger partial charge in [-0.1, -0.05) is 74.4 Å². The number of hydrogen-bond acceptors (Lipinski definition) is 6. The lowest BCUT2D eigenvalue weighted by Crippen LogP contribution is -2.53. The van der Waals surface area contributed by atoms with E-state index in [-0.39, 0.29) is 18.9 Å². The summed E-state index contributed by atoms with van der Waals surface area (Å²) in [5, 5.41) is 5.55. The van der Waals surface area contributed by atoms with Crippen molar-refractivity contribution in [1.29, 1.82) is 0 Å². The van der Waals surface area contributed by atoms with E-state index in [0.29, 0.717) is 6.42 Å². The van der Waals surface area contributed by atoms with Gasteiger partial charge in [-0.3, -0.25) is 9.78 Å². The van der Waals surface area contributed by atoms with E-state index in [1.54, 1.807) is 39.2 Å². The Labute approximate surface area is 241 Å². The average Bonchev–Trinajstić information content (AvgIpc) is 3.27. The van der Waals surface area contributed by atoms with Gasteiger partial charge in [0.05, 0.1) is 0 Å². The second-order valence-corrected chi connectivity index (χ2v) is 11.3. The summed E-state index contributed by atoms with van der Waals surface area (Å²) in [7, 11) is 0. The van der Waals surface area contributed by atoms with Crippen molar-refractivity contribution >= 4 is 18.0 Å². The molecule has 2 amide bonds. The summed E-state index contributed by atoms with van der Waals surface area (Å²) in [6.07, 6.45) is 4.77. The normalized spacial score (nSPS) is 13.9. The molecule has 0 saturated heterocycles. The topological polar surface area (TPSA) is 107 Å². The second kappa shape index (κ2) is 13.4. The van der Waals surface area contributed by atoms with E-state index in [4.69, 9.17) is 9.47 Å². The minimum atomic E-state index is -0.985. The van der Waals surface area contributed by atoms with Gasteiger partial charge in [0, 0.05) is 24.7 Å². The number of nitrogens with zero attached hydrogens (tertiary/aromatic N) is 1. The van der Waals surface area contributed by atoms with Gasteiger partial charge in [0.15, 0.2) is 0 Å². The van der Waals surface area contributed by atoms with Crippen LogP contribution in [0.15, 0.2) is 73.1 Å². The first-order chi connectivity index (χ1) is 19.7. The zero-order valence-corrected chi connectivity index (χ0v) is 24.2. The molecule has 1 aliphatic carbocycles. The monoisotopic (exact) mass is 557 g/mol. The molecule has 2 atom stereocenters. The van der Waals surface area contributed by atoms with E-state index in [1.165, 1.54) is 0 Å². The Morgan fingerprint density at radius 2 is 1.56 bits per heavy atom. The van der Waals surface area contributed by atoms with Gasteiger partial charge in [-0.15, -0.1) is 0 Å². The molecule has 3 aromatic rings. The van der Waals surface area contributed by atoms with Gasteiger partial charge in [-0.25, -0.2) is 9.59 Å². The number of benzene rings is 2. The number of hydrogen-bond donors (Lipinski definition) is 2. The first-order valence-electron chi connectivity index (χ1n) is 14.2. The SMILES string of the molecule is CCCC[C@H](NC(=O)[C@H](Cc1cccnc1)NC(=O)OCC1c2ccccc2-c2ccccc21)C(=O)OC(C)(C)C. The molecule has 4 rings (SSSR count). The molecule has 1 aromatic heterocycles. The van der Waals surface area contributed by atoms with Crippen LogP contribution in [0.4, 0.5) is 4.79 Å². The highest BCUT2D eigenvalue weighted by Crippen LogP contribution is 2.44. The van der Waals surface area contributed by atoms with Crippen LogP contribution < -0.4 is 10.6 Å². The van der Waals surface area contributed by atoms with Crippen LogP contribution in [-0.2, 0) is 25.5 Å². The molecule has 0 fully saturated rings. The quantitative estimate of drug-likeness (QED) is 0.300. The van der Waals surface area contributed by atoms with Gasteiger partial charge in [0.1, 0.15) is 24.3 Å². The van der Waals surface area contributed by atoms with Gasteiger partial charge in [0.25, 0.3) is 0 Å². The van der Waals surface area contributed by atoms with Crippen LogP contribution in [0, 0.1) is 0 Å². The van der Waals surface area contributed by atoms with Crippen LogP contribution in [-0.4, -0.2) is 47.2 Å². The molecule has 0 unspecified atom stereocenters. The third-order valence-corrected chi connectivity index (χ3v) is 6.97. The highest BCUT2D eigenvalue weighted by molar-refractivity contribution is 5.90. The number of unbranched alkanes of at least 4 members (excludes halogenated alkanes) is 1. The first-order valence-corrected chi connectivity index (χ1v) is 14.2. The van der Waals surface area contributed by atoms with Crippen LogP contribution in [0.25, 0.3) is 11.1 Å². The van der Waals surface area contributed by atoms with E-state index >= 15 is 0 Å². The van der Waals surface area contributed by atoms with Gasteiger partial charge >= 0.3 is 12.1 Å². The molecule has 41 heavy (non-hydrogen) atoms. The molecule has 0 bridgehead atoms. The fourth-order valence-electron chi connectivity index (χ4n) is 5.05. The van der Waals surface area contributed by atoms with Crippen molar-refractivity contribution in [2.45, 2.75) is 77.0 Å². The standard InChI is InChI=1S/C33H39N3O5/c1-5-6-17-28(31(38)41-33(2,3)4)35-30(37)29(19-22-12-11-18-34-20-22)36-32(39)40-21-27-25-15-9-7-13-23(25)24-14-8-10-16-26(24)27/h7-16,18,20,27-29H,5-6,17,19,21H2,1-4H3,(H,35,37)(H,36,39)/t28-,29-/m0/s1. The number of carbonyl (C=O) groups is 3. The average molecular weight is 558 g/mol. The lowest BCUT2D eigenvalue weighted by atomic mass is 9.98. The fraction of sp³-hybridized carbons (Fsp3) is 0.394. The van der Waals surface area contributed by atoms with Crippen molar-refractivity contribution in [3.05, 3.63) is 89.7 Å². The number of fused-ring (bicyclic) bond motifs is 3. The molecule has 2 N–H and O–H groups in total. The number of pyridine rings is 1. The number of ether oxygens (including phenoxy) is 2. The molecule has 8 nitrogen and oxygen atoms in total. The Kier molecular flexibility index (Phi) is 9.76. The van der Waals surface area contributed by atoms with Crippen molar-refractivity contribution in [3.63, 3.8) is 0 Å². The summed E-state index contributed by atoms with van der Waals surface area (Å²) in [5.74, 6) is -1.10. The Hall–Kier alpha value is -4.20. The van der Waals surface area contributed by atoms with E-state index in [0.717, 1.165) is 40.7 Å². The number of alkyl carbamates (subject to hydrolysis) is 1. The number of aromatic nitrogens is 1. The smallest absolute Gasteiger partial charge is 0.407 e. The Morgan fingerprint density at radius 3 is 2.15 bits per heavy atom. The number of carbonyl (C=O) groups excluding carboxylic acids is 3. The van der Waals surface area contributed by atoms with Crippen LogP contribution in [0.1, 0.15) is 69.6 Å². The fourth-order valence-corrected chi connectivity index (χ4v) is 5.05. The van der Waals surface area contributed by atoms with Crippen molar-refractivity contribution in [2.24, 2.45) is 0 Å². The van der Waals surface area contributed by atoms with Gasteiger partial charge in [-0.05, 0) is 61.1 Å². The Morgan fingerprint density at radius 1 is 0.902 bits per heavy atom. The van der Waals surface area contributed by atoms with E-state index in [9.17, 15) is 14.4 Å². The highest BCUT2D eigenvalue weighted by Gasteiger charge is 2.32. The van der Waals surface area contributed by atoms with Crippen molar-refractivity contribution in [3.8, 4) is 11.1 Å². The van der Waals surface area contributed by atoms with Crippen molar-refractivity contribution < 1.29 is 23.9 Å². The predicted molar refractivity (Wildman–Crippen MR) is 157 cm³/mol. The van der Waals surface area contributed by atoms with Crippen LogP contribution in [0.3, 0.4) is 0 Å². The summed E-state index contributed by atoms with van der Waals surface area (Å²) in [6, 6.07) is 18.0. The first kappa shape index (κ1) is 29.8. The summed E-state index contributed by atoms with van der Waals surface area (Å²) in [5.41, 5.74) is 4.52. The summed E-state index contributed by atoms with van der Waals surface area (Å²) in [6.45, 7) is 7.49. The molecular formula is C33H39N3O5. The molecule has 0 aliphatic heterocycles. The molecule has 1 aliphatic rings. The van der Waals surface area contributed by atoms with Crippen LogP contribution in [0.5, 0.6) is 0 Å². The lowest BCUT2D eigenvalue weighted by Gasteiger charge is -2.26. The van der Waals surface area contributed by atoms with Gasteiger partial charge in [-0.2, -0.15) is 0 Å². The molecule has 0 radical (unpaired) electrons. The minimum absolute atomic E-state index is 0.107. The Bertz CT molecular complexity index is 1310. The van der Waals surface area contributed by atoms with Crippen molar-refractivity contribution in [2.75, 3.05) is 6.61 Å². The number of amides is 2. The summed E-state index contributed by atoms with van der Waals surface area (Å²) >= 11 is 0. The molecule has 216 valence electrons. The predicted octanol–water partition coefficient (Wildman–Crippen LogP) is 5.55. The largest absolute Gasteiger partial charge is 0.458 e. The zero-order valence-electron chi connectivity index (χ0n) is 24.2. The van der Waals surface area contributed by atoms with Crippen molar-refractivity contribution in [1.82, 2.24) is 15.6 Å². The zero-order chi connectivity index (χ0) is 29.4. The molecule has 0 spiro atoms. The van der Waals surface area contributed by atoms with E-state index in [1.807, 2.05) is 49.4 Å². The van der Waals surface area contributed by atoms with Gasteiger partial charge < -0.3 is 20.1 Å². The third-order valence-electron chi connectivity index (χ3n) is 6.97. The van der Waals surface area contributed by atoms with Crippen LogP contribution in [0.2, 0.25) is 0 Å².